The summed E-state index contributed by atoms with van der Waals surface area (Å²) in [6, 6.07) is 0. The number of carbonyl (C=O) groups is 2. The summed E-state index contributed by atoms with van der Waals surface area (Å²) >= 11 is 0. The van der Waals surface area contributed by atoms with Crippen LogP contribution in [0.2, 0.25) is 0 Å². The standard InChI is InChI=1S/C11H18O4.2K/c1-2-11(9(12)13,10(14)15)8-6-4-3-5-7-8;;/h8H,2-7H2,1H3,(H,12,13)(H,14,15);;/q;2*+1/p-2. The summed E-state index contributed by atoms with van der Waals surface area (Å²) in [7, 11) is 0. The average Bonchev–Trinajstić information content (AvgIpc) is 2.20. The van der Waals surface area contributed by atoms with Gasteiger partial charge >= 0.3 is 103 Å². The number of rotatable bonds is 4. The SMILES string of the molecule is CCC(C(=O)[O-])(C(=O)[O-])C1CCCCC1.[K+].[K+]. The van der Waals surface area contributed by atoms with E-state index in [0.29, 0.717) is 12.8 Å². The predicted octanol–water partition coefficient (Wildman–Crippen LogP) is -6.53. The van der Waals surface area contributed by atoms with E-state index >= 15 is 0 Å². The van der Waals surface area contributed by atoms with Crippen LogP contribution in [0.1, 0.15) is 45.4 Å². The average molecular weight is 290 g/mol. The summed E-state index contributed by atoms with van der Waals surface area (Å²) in [6.45, 7) is 1.57. The molecule has 0 heterocycles. The third-order valence-corrected chi connectivity index (χ3v) is 3.59. The van der Waals surface area contributed by atoms with Crippen molar-refractivity contribution in [2.24, 2.45) is 11.3 Å². The summed E-state index contributed by atoms with van der Waals surface area (Å²) in [5.41, 5.74) is -1.78. The number of hydrogen-bond acceptors (Lipinski definition) is 4. The number of carboxylic acid groups (broad SMARTS) is 2. The predicted molar refractivity (Wildman–Crippen MR) is 49.3 cm³/mol. The van der Waals surface area contributed by atoms with Crippen molar-refractivity contribution in [3.63, 3.8) is 0 Å². The van der Waals surface area contributed by atoms with E-state index < -0.39 is 17.4 Å². The van der Waals surface area contributed by atoms with Crippen LogP contribution in [0.25, 0.3) is 0 Å². The van der Waals surface area contributed by atoms with Gasteiger partial charge in [0.2, 0.25) is 0 Å². The Kier molecular flexibility index (Phi) is 12.7. The van der Waals surface area contributed by atoms with Gasteiger partial charge in [0.05, 0.1) is 17.4 Å². The first-order chi connectivity index (χ1) is 7.05. The van der Waals surface area contributed by atoms with Gasteiger partial charge in [0, 0.05) is 0 Å². The Bertz CT molecular complexity index is 248. The fraction of sp³-hybridized carbons (Fsp3) is 0.818. The van der Waals surface area contributed by atoms with Crippen LogP contribution in [0.15, 0.2) is 0 Å². The molecule has 0 aromatic heterocycles. The molecule has 1 saturated carbocycles. The van der Waals surface area contributed by atoms with Gasteiger partial charge in [-0.25, -0.2) is 0 Å². The van der Waals surface area contributed by atoms with Crippen molar-refractivity contribution in [2.75, 3.05) is 0 Å². The van der Waals surface area contributed by atoms with E-state index in [1.807, 2.05) is 0 Å². The van der Waals surface area contributed by atoms with Crippen LogP contribution in [0.5, 0.6) is 0 Å². The normalized spacial score (nSPS) is 16.5. The molecular formula is C11H16K2O4. The van der Waals surface area contributed by atoms with Gasteiger partial charge in [0.1, 0.15) is 0 Å². The van der Waals surface area contributed by atoms with Crippen molar-refractivity contribution in [2.45, 2.75) is 45.4 Å². The Labute approximate surface area is 187 Å². The van der Waals surface area contributed by atoms with Crippen LogP contribution in [-0.4, -0.2) is 11.9 Å². The number of aliphatic carboxylic acids is 2. The van der Waals surface area contributed by atoms with Gasteiger partial charge in [0.15, 0.2) is 0 Å². The van der Waals surface area contributed by atoms with Crippen LogP contribution in [-0.2, 0) is 9.59 Å². The van der Waals surface area contributed by atoms with Crippen LogP contribution in [0.3, 0.4) is 0 Å². The molecule has 0 spiro atoms. The summed E-state index contributed by atoms with van der Waals surface area (Å²) in [5, 5.41) is 22.1. The zero-order valence-corrected chi connectivity index (χ0v) is 17.2. The number of carbonyl (C=O) groups excluding carboxylic acids is 2. The summed E-state index contributed by atoms with van der Waals surface area (Å²) in [5.74, 6) is -3.31. The Hall–Kier alpha value is 2.21. The van der Waals surface area contributed by atoms with Gasteiger partial charge in [-0.3, -0.25) is 0 Å². The monoisotopic (exact) mass is 290 g/mol. The minimum atomic E-state index is -1.78. The molecule has 0 bridgehead atoms. The van der Waals surface area contributed by atoms with Crippen molar-refractivity contribution >= 4 is 11.9 Å². The van der Waals surface area contributed by atoms with E-state index in [4.69, 9.17) is 0 Å². The molecule has 0 atom stereocenters. The second-order valence-corrected chi connectivity index (χ2v) is 4.23. The number of hydrogen-bond donors (Lipinski definition) is 0. The van der Waals surface area contributed by atoms with E-state index in [2.05, 4.69) is 0 Å². The van der Waals surface area contributed by atoms with Gasteiger partial charge in [-0.1, -0.05) is 26.2 Å². The molecule has 0 aromatic rings. The Morgan fingerprint density at radius 3 is 1.76 bits per heavy atom. The van der Waals surface area contributed by atoms with Crippen LogP contribution in [0.4, 0.5) is 0 Å². The first-order valence-corrected chi connectivity index (χ1v) is 5.48. The van der Waals surface area contributed by atoms with Crippen molar-refractivity contribution in [1.82, 2.24) is 0 Å². The third kappa shape index (κ3) is 4.91. The van der Waals surface area contributed by atoms with E-state index in [1.165, 1.54) is 0 Å². The zero-order valence-electron chi connectivity index (χ0n) is 11.0. The maximum absolute atomic E-state index is 11.1. The Balaban J connectivity index is 0. The number of carboxylic acids is 2. The molecule has 0 unspecified atom stereocenters. The van der Waals surface area contributed by atoms with Gasteiger partial charge in [-0.2, -0.15) is 0 Å². The molecule has 0 N–H and O–H groups in total. The second-order valence-electron chi connectivity index (χ2n) is 4.23. The van der Waals surface area contributed by atoms with Crippen LogP contribution < -0.4 is 113 Å². The molecule has 6 heteroatoms. The van der Waals surface area contributed by atoms with Gasteiger partial charge in [-0.05, 0) is 25.2 Å². The van der Waals surface area contributed by atoms with Crippen molar-refractivity contribution in [3.05, 3.63) is 0 Å². The first-order valence-electron chi connectivity index (χ1n) is 5.48. The molecule has 1 aliphatic rings. The van der Waals surface area contributed by atoms with E-state index in [-0.39, 0.29) is 115 Å². The maximum atomic E-state index is 11.1. The second kappa shape index (κ2) is 10.0. The molecule has 86 valence electrons. The minimum absolute atomic E-state index is 0. The minimum Gasteiger partial charge on any atom is -0.549 e. The topological polar surface area (TPSA) is 80.3 Å². The van der Waals surface area contributed by atoms with E-state index in [0.717, 1.165) is 19.3 Å². The fourth-order valence-electron chi connectivity index (χ4n) is 2.59. The Morgan fingerprint density at radius 1 is 1.06 bits per heavy atom. The smallest absolute Gasteiger partial charge is 0.549 e. The molecule has 0 aliphatic heterocycles. The molecule has 0 amide bonds. The summed E-state index contributed by atoms with van der Waals surface area (Å²) in [4.78, 5) is 22.1. The molecular weight excluding hydrogens is 274 g/mol. The zero-order chi connectivity index (χ0) is 11.5. The van der Waals surface area contributed by atoms with Crippen molar-refractivity contribution in [1.29, 1.82) is 0 Å². The van der Waals surface area contributed by atoms with Gasteiger partial charge in [0.25, 0.3) is 0 Å². The fourth-order valence-corrected chi connectivity index (χ4v) is 2.59. The molecule has 1 rings (SSSR count). The molecule has 4 nitrogen and oxygen atoms in total. The largest absolute Gasteiger partial charge is 1.00 e. The molecule has 0 radical (unpaired) electrons. The van der Waals surface area contributed by atoms with Crippen molar-refractivity contribution in [3.8, 4) is 0 Å². The summed E-state index contributed by atoms with van der Waals surface area (Å²) < 4.78 is 0. The third-order valence-electron chi connectivity index (χ3n) is 3.59. The Morgan fingerprint density at radius 2 is 1.47 bits per heavy atom. The first kappa shape index (κ1) is 21.5. The maximum Gasteiger partial charge on any atom is 1.00 e. The molecule has 17 heavy (non-hydrogen) atoms. The van der Waals surface area contributed by atoms with E-state index in [9.17, 15) is 19.8 Å². The quantitative estimate of drug-likeness (QED) is 0.381. The molecule has 0 saturated heterocycles. The van der Waals surface area contributed by atoms with Crippen LogP contribution >= 0.6 is 0 Å². The molecule has 0 aromatic carbocycles. The van der Waals surface area contributed by atoms with Gasteiger partial charge < -0.3 is 19.8 Å². The van der Waals surface area contributed by atoms with Gasteiger partial charge in [-0.15, -0.1) is 0 Å². The van der Waals surface area contributed by atoms with Crippen molar-refractivity contribution < 1.29 is 123 Å². The molecule has 1 fully saturated rings. The van der Waals surface area contributed by atoms with E-state index in [1.54, 1.807) is 6.92 Å². The summed E-state index contributed by atoms with van der Waals surface area (Å²) in [6.07, 6.45) is 4.18. The molecule has 1 aliphatic carbocycles. The van der Waals surface area contributed by atoms with Crippen LogP contribution in [0, 0.1) is 11.3 Å².